The van der Waals surface area contributed by atoms with Crippen molar-refractivity contribution >= 4 is 47.0 Å². The summed E-state index contributed by atoms with van der Waals surface area (Å²) in [6.45, 7) is 2.70. The van der Waals surface area contributed by atoms with E-state index in [1.165, 1.54) is 11.8 Å². The fraction of sp³-hybridized carbons (Fsp3) is 0.357. The molecule has 0 unspecified atom stereocenters. The second-order valence-electron chi connectivity index (χ2n) is 4.38. The van der Waals surface area contributed by atoms with Crippen LogP contribution in [-0.4, -0.2) is 33.3 Å². The molecule has 2 aromatic rings. The van der Waals surface area contributed by atoms with Crippen LogP contribution in [0.1, 0.15) is 12.5 Å². The Hall–Kier alpha value is -1.44. The number of rotatable bonds is 7. The van der Waals surface area contributed by atoms with Crippen LogP contribution in [-0.2, 0) is 17.0 Å². The van der Waals surface area contributed by atoms with Crippen molar-refractivity contribution in [2.45, 2.75) is 24.4 Å². The van der Waals surface area contributed by atoms with Gasteiger partial charge in [-0.2, -0.15) is 0 Å². The van der Waals surface area contributed by atoms with Gasteiger partial charge in [-0.25, -0.2) is 4.79 Å². The molecule has 0 spiro atoms. The first-order chi connectivity index (χ1) is 11.2. The van der Waals surface area contributed by atoms with Crippen molar-refractivity contribution in [1.29, 1.82) is 0 Å². The van der Waals surface area contributed by atoms with E-state index in [9.17, 15) is 4.79 Å². The van der Waals surface area contributed by atoms with E-state index in [1.807, 2.05) is 31.2 Å². The van der Waals surface area contributed by atoms with Crippen molar-refractivity contribution in [3.63, 3.8) is 0 Å². The van der Waals surface area contributed by atoms with Crippen LogP contribution in [0.2, 0.25) is 5.02 Å². The van der Waals surface area contributed by atoms with Gasteiger partial charge in [0.1, 0.15) is 6.61 Å². The number of alkyl halides is 1. The first kappa shape index (κ1) is 17.9. The van der Waals surface area contributed by atoms with Gasteiger partial charge in [-0.3, -0.25) is 9.88 Å². The average molecular weight is 375 g/mol. The van der Waals surface area contributed by atoms with Crippen molar-refractivity contribution < 1.29 is 9.53 Å². The Morgan fingerprint density at radius 2 is 2.17 bits per heavy atom. The molecule has 9 heteroatoms. The molecule has 1 heterocycles. The zero-order valence-electron chi connectivity index (χ0n) is 12.5. The maximum absolute atomic E-state index is 11.6. The molecule has 0 aliphatic rings. The van der Waals surface area contributed by atoms with Crippen LogP contribution in [0.15, 0.2) is 29.4 Å². The number of halogens is 2. The van der Waals surface area contributed by atoms with Gasteiger partial charge in [0.25, 0.3) is 0 Å². The van der Waals surface area contributed by atoms with E-state index in [0.29, 0.717) is 28.4 Å². The average Bonchev–Trinajstić information content (AvgIpc) is 2.93. The van der Waals surface area contributed by atoms with Gasteiger partial charge in [0.2, 0.25) is 5.95 Å². The molecular weight excluding hydrogens is 359 g/mol. The third-order valence-corrected chi connectivity index (χ3v) is 4.41. The largest absolute Gasteiger partial charge is 0.448 e. The van der Waals surface area contributed by atoms with Gasteiger partial charge in [-0.05, 0) is 18.6 Å². The molecule has 1 N–H and O–H groups in total. The fourth-order valence-electron chi connectivity index (χ4n) is 1.79. The number of thioether (sulfide) groups is 1. The second-order valence-corrected chi connectivity index (χ2v) is 6.11. The summed E-state index contributed by atoms with van der Waals surface area (Å²) >= 11 is 13.1. The summed E-state index contributed by atoms with van der Waals surface area (Å²) in [5.74, 6) is 1.25. The smallest absolute Gasteiger partial charge is 0.414 e. The fourth-order valence-corrected chi connectivity index (χ4v) is 3.15. The van der Waals surface area contributed by atoms with Crippen LogP contribution in [0.5, 0.6) is 0 Å². The molecule has 23 heavy (non-hydrogen) atoms. The summed E-state index contributed by atoms with van der Waals surface area (Å²) in [7, 11) is 0. The van der Waals surface area contributed by atoms with Crippen molar-refractivity contribution in [2.75, 3.05) is 17.8 Å². The number of carbonyl (C=O) groups is 1. The lowest BCUT2D eigenvalue weighted by Crippen LogP contribution is -2.18. The summed E-state index contributed by atoms with van der Waals surface area (Å²) < 4.78 is 6.66. The topological polar surface area (TPSA) is 69.0 Å². The lowest BCUT2D eigenvalue weighted by Gasteiger charge is -2.08. The van der Waals surface area contributed by atoms with Crippen LogP contribution in [0.25, 0.3) is 0 Å². The molecular formula is C14H16Cl2N4O2S. The van der Waals surface area contributed by atoms with E-state index < -0.39 is 6.09 Å². The summed E-state index contributed by atoms with van der Waals surface area (Å²) in [6, 6.07) is 7.64. The number of benzene rings is 1. The number of ether oxygens (including phenoxy) is 1. The number of nitrogens with one attached hydrogen (secondary N) is 1. The van der Waals surface area contributed by atoms with E-state index in [-0.39, 0.29) is 12.5 Å². The van der Waals surface area contributed by atoms with Crippen molar-refractivity contribution in [3.8, 4) is 0 Å². The highest BCUT2D eigenvalue weighted by Crippen LogP contribution is 2.26. The number of nitrogens with zero attached hydrogens (tertiary/aromatic N) is 3. The molecule has 0 aliphatic heterocycles. The minimum Gasteiger partial charge on any atom is -0.448 e. The molecule has 0 radical (unpaired) electrons. The third kappa shape index (κ3) is 5.02. The number of anilines is 1. The van der Waals surface area contributed by atoms with Gasteiger partial charge in [0.15, 0.2) is 5.16 Å². The van der Waals surface area contributed by atoms with E-state index in [0.717, 1.165) is 5.56 Å². The minimum absolute atomic E-state index is 0.141. The molecule has 0 saturated heterocycles. The summed E-state index contributed by atoms with van der Waals surface area (Å²) in [6.07, 6.45) is -0.601. The monoisotopic (exact) mass is 374 g/mol. The van der Waals surface area contributed by atoms with E-state index in [1.54, 1.807) is 4.57 Å². The zero-order chi connectivity index (χ0) is 16.7. The molecule has 0 bridgehead atoms. The number of hydrogen-bond donors (Lipinski definition) is 1. The Morgan fingerprint density at radius 3 is 2.87 bits per heavy atom. The van der Waals surface area contributed by atoms with Crippen LogP contribution in [0, 0.1) is 0 Å². The predicted octanol–water partition coefficient (Wildman–Crippen LogP) is 4.03. The van der Waals surface area contributed by atoms with Crippen LogP contribution < -0.4 is 5.32 Å². The molecule has 0 saturated carbocycles. The highest BCUT2D eigenvalue weighted by molar-refractivity contribution is 7.98. The maximum atomic E-state index is 11.6. The number of amides is 1. The molecule has 2 rings (SSSR count). The molecule has 0 atom stereocenters. The standard InChI is InChI=1S/C14H16Cl2N4O2S/c1-2-20-12(17-14(21)22-8-7-15)18-19-13(20)23-9-10-5-3-4-6-11(10)16/h3-6H,2,7-9H2,1H3,(H,17,18,21). The normalized spacial score (nSPS) is 10.6. The van der Waals surface area contributed by atoms with E-state index in [2.05, 4.69) is 15.5 Å². The van der Waals surface area contributed by atoms with Crippen molar-refractivity contribution in [1.82, 2.24) is 14.8 Å². The molecule has 1 amide bonds. The third-order valence-electron chi connectivity index (χ3n) is 2.87. The Bertz CT molecular complexity index is 666. The van der Waals surface area contributed by atoms with Gasteiger partial charge >= 0.3 is 6.09 Å². The van der Waals surface area contributed by atoms with Crippen LogP contribution >= 0.6 is 35.0 Å². The van der Waals surface area contributed by atoms with Crippen LogP contribution in [0.3, 0.4) is 0 Å². The summed E-state index contributed by atoms with van der Waals surface area (Å²) in [5.41, 5.74) is 1.01. The highest BCUT2D eigenvalue weighted by Gasteiger charge is 2.14. The Kier molecular flexibility index (Phi) is 7.01. The Labute approximate surface area is 148 Å². The highest BCUT2D eigenvalue weighted by atomic mass is 35.5. The molecule has 1 aromatic heterocycles. The molecule has 0 fully saturated rings. The Morgan fingerprint density at radius 1 is 1.39 bits per heavy atom. The minimum atomic E-state index is -0.601. The first-order valence-corrected chi connectivity index (χ1v) is 8.84. The van der Waals surface area contributed by atoms with Crippen LogP contribution in [0.4, 0.5) is 10.7 Å². The van der Waals surface area contributed by atoms with Crippen molar-refractivity contribution in [2.24, 2.45) is 0 Å². The van der Waals surface area contributed by atoms with E-state index in [4.69, 9.17) is 27.9 Å². The maximum Gasteiger partial charge on any atom is 0.414 e. The lowest BCUT2D eigenvalue weighted by atomic mass is 10.2. The second kappa shape index (κ2) is 9.00. The van der Waals surface area contributed by atoms with Gasteiger partial charge in [0, 0.05) is 17.3 Å². The molecule has 124 valence electrons. The number of aromatic nitrogens is 3. The van der Waals surface area contributed by atoms with Gasteiger partial charge < -0.3 is 4.74 Å². The van der Waals surface area contributed by atoms with Gasteiger partial charge in [-0.1, -0.05) is 41.6 Å². The molecule has 6 nitrogen and oxygen atoms in total. The SMILES string of the molecule is CCn1c(NC(=O)OCCCl)nnc1SCc1ccccc1Cl. The predicted molar refractivity (Wildman–Crippen MR) is 92.4 cm³/mol. The number of carbonyl (C=O) groups excluding carboxylic acids is 1. The summed E-state index contributed by atoms with van der Waals surface area (Å²) in [5, 5.41) is 12.0. The Balaban J connectivity index is 2.03. The molecule has 0 aliphatic carbocycles. The first-order valence-electron chi connectivity index (χ1n) is 6.94. The van der Waals surface area contributed by atoms with Gasteiger partial charge in [0.05, 0.1) is 5.88 Å². The quantitative estimate of drug-likeness (QED) is 0.585. The molecule has 1 aromatic carbocycles. The lowest BCUT2D eigenvalue weighted by molar-refractivity contribution is 0.168. The van der Waals surface area contributed by atoms with Gasteiger partial charge in [-0.15, -0.1) is 21.8 Å². The van der Waals surface area contributed by atoms with Crippen molar-refractivity contribution in [3.05, 3.63) is 34.9 Å². The zero-order valence-corrected chi connectivity index (χ0v) is 14.8. The van der Waals surface area contributed by atoms with E-state index >= 15 is 0 Å². The summed E-state index contributed by atoms with van der Waals surface area (Å²) in [4.78, 5) is 11.6. The number of hydrogen-bond acceptors (Lipinski definition) is 5.